The Hall–Kier alpha value is -1.96. The van der Waals surface area contributed by atoms with E-state index >= 15 is 0 Å². The zero-order valence-electron chi connectivity index (χ0n) is 14.4. The fourth-order valence-corrected chi connectivity index (χ4v) is 1.97. The van der Waals surface area contributed by atoms with Crippen LogP contribution in [0.25, 0.3) is 20.9 Å². The van der Waals surface area contributed by atoms with E-state index in [0.29, 0.717) is 29.7 Å². The van der Waals surface area contributed by atoms with Crippen LogP contribution in [0.4, 0.5) is 17.6 Å². The van der Waals surface area contributed by atoms with Crippen LogP contribution in [-0.2, 0) is 10.2 Å². The number of aromatic nitrogens is 2. The molecule has 1 heterocycles. The molecule has 166 valence electrons. The summed E-state index contributed by atoms with van der Waals surface area (Å²) in [4.78, 5) is 7.96. The Morgan fingerprint density at radius 2 is 1.62 bits per heavy atom. The molecule has 2 aliphatic carbocycles. The van der Waals surface area contributed by atoms with E-state index in [0.717, 1.165) is 6.33 Å². The van der Waals surface area contributed by atoms with Crippen molar-refractivity contribution in [2.75, 3.05) is 0 Å². The molecule has 0 unspecified atom stereocenters. The molecule has 2 fully saturated rings. The number of nitrogens with two attached hydrogens (primary N) is 1. The van der Waals surface area contributed by atoms with Gasteiger partial charge in [-0.05, 0) is 36.7 Å². The maximum Gasteiger partial charge on any atom is 0.329 e. The van der Waals surface area contributed by atoms with Gasteiger partial charge in [0.05, 0.1) is 10.1 Å². The number of alkyl halides is 4. The minimum atomic E-state index is -3.90. The molecular weight excluding hydrogens is 469 g/mol. The molecule has 2 aliphatic rings. The molecule has 0 saturated heterocycles. The van der Waals surface area contributed by atoms with Crippen LogP contribution >= 0.6 is 24.8 Å². The van der Waals surface area contributed by atoms with Crippen LogP contribution in [-0.4, -0.2) is 41.3 Å². The third-order valence-corrected chi connectivity index (χ3v) is 4.59. The standard InChI is InChI=1S/C4H5F2N3.C4H7F2N.C3H3N5O2S.2ClH/c5-3(6)4(1-2-4)8-9-7;5-3(6)4(7)1-2-4;4-6-7-11(9,10)8-2-1-5-3-8;;/h3H,1-2H2;3H,1-2,7H2;1-3H;2*1H. The van der Waals surface area contributed by atoms with Gasteiger partial charge >= 0.3 is 10.2 Å². The second kappa shape index (κ2) is 11.9. The molecule has 11 nitrogen and oxygen atoms in total. The van der Waals surface area contributed by atoms with Crippen molar-refractivity contribution in [1.82, 2.24) is 8.96 Å². The van der Waals surface area contributed by atoms with E-state index in [1.807, 2.05) is 0 Å². The highest BCUT2D eigenvalue weighted by atomic mass is 35.5. The van der Waals surface area contributed by atoms with Crippen molar-refractivity contribution in [2.45, 2.75) is 49.6 Å². The average Bonchev–Trinajstić information content (AvgIpc) is 3.47. The van der Waals surface area contributed by atoms with Crippen molar-refractivity contribution in [3.05, 3.63) is 39.6 Å². The molecule has 2 N–H and O–H groups in total. The summed E-state index contributed by atoms with van der Waals surface area (Å²) >= 11 is 0. The lowest BCUT2D eigenvalue weighted by Gasteiger charge is -2.02. The lowest BCUT2D eigenvalue weighted by Crippen LogP contribution is -2.30. The summed E-state index contributed by atoms with van der Waals surface area (Å²) in [6.45, 7) is 0. The second-order valence-electron chi connectivity index (χ2n) is 5.67. The van der Waals surface area contributed by atoms with Gasteiger partial charge in [-0.1, -0.05) is 5.11 Å². The van der Waals surface area contributed by atoms with Gasteiger partial charge in [-0.2, -0.15) is 8.42 Å². The summed E-state index contributed by atoms with van der Waals surface area (Å²) in [5.41, 5.74) is 18.3. The Kier molecular flexibility index (Phi) is 12.0. The van der Waals surface area contributed by atoms with E-state index in [-0.39, 0.29) is 24.8 Å². The number of imidazole rings is 1. The predicted octanol–water partition coefficient (Wildman–Crippen LogP) is 3.97. The molecule has 0 atom stereocenters. The van der Waals surface area contributed by atoms with Crippen LogP contribution < -0.4 is 5.73 Å². The largest absolute Gasteiger partial charge is 0.329 e. The molecule has 2 saturated carbocycles. The summed E-state index contributed by atoms with van der Waals surface area (Å²) < 4.78 is 71.4. The Morgan fingerprint density at radius 1 is 1.07 bits per heavy atom. The van der Waals surface area contributed by atoms with E-state index in [1.54, 1.807) is 0 Å². The quantitative estimate of drug-likeness (QED) is 0.287. The fraction of sp³-hybridized carbons (Fsp3) is 0.727. The number of hydrogen-bond donors (Lipinski definition) is 1. The summed E-state index contributed by atoms with van der Waals surface area (Å²) in [5.74, 6) is 0. The Labute approximate surface area is 174 Å². The molecule has 1 aromatic heterocycles. The fourth-order valence-electron chi connectivity index (χ4n) is 1.41. The maximum atomic E-state index is 11.8. The van der Waals surface area contributed by atoms with Gasteiger partial charge in [0.25, 0.3) is 6.43 Å². The monoisotopic (exact) mass is 485 g/mol. The van der Waals surface area contributed by atoms with Crippen LogP contribution in [0.1, 0.15) is 25.7 Å². The van der Waals surface area contributed by atoms with Gasteiger partial charge in [0, 0.05) is 22.2 Å². The van der Waals surface area contributed by atoms with Crippen LogP contribution in [0, 0.1) is 0 Å². The molecule has 1 aromatic rings. The van der Waals surface area contributed by atoms with Gasteiger partial charge in [0.15, 0.2) is 0 Å². The van der Waals surface area contributed by atoms with Crippen molar-refractivity contribution >= 4 is 35.0 Å². The molecule has 0 amide bonds. The lowest BCUT2D eigenvalue weighted by molar-refractivity contribution is 0.105. The van der Waals surface area contributed by atoms with Gasteiger partial charge < -0.3 is 5.73 Å². The van der Waals surface area contributed by atoms with E-state index in [2.05, 4.69) is 24.4 Å². The lowest BCUT2D eigenvalue weighted by atomic mass is 10.3. The zero-order valence-corrected chi connectivity index (χ0v) is 16.9. The van der Waals surface area contributed by atoms with Crippen LogP contribution in [0.2, 0.25) is 0 Å². The van der Waals surface area contributed by atoms with Crippen molar-refractivity contribution in [3.8, 4) is 0 Å². The van der Waals surface area contributed by atoms with E-state index < -0.39 is 34.1 Å². The number of halogens is 6. The van der Waals surface area contributed by atoms with Crippen molar-refractivity contribution in [3.63, 3.8) is 0 Å². The molecule has 0 aliphatic heterocycles. The molecular formula is C11H17Cl2F4N9O2S. The highest BCUT2D eigenvalue weighted by Crippen LogP contribution is 2.45. The molecule has 29 heavy (non-hydrogen) atoms. The molecule has 0 radical (unpaired) electrons. The number of nitrogens with zero attached hydrogens (tertiary/aromatic N) is 8. The van der Waals surface area contributed by atoms with Gasteiger partial charge in [-0.15, -0.1) is 24.8 Å². The van der Waals surface area contributed by atoms with Gasteiger partial charge in [0.1, 0.15) is 11.9 Å². The zero-order chi connectivity index (χ0) is 20.7. The first-order chi connectivity index (χ1) is 12.5. The minimum absolute atomic E-state index is 0. The third kappa shape index (κ3) is 8.94. The SMILES string of the molecule is Cl.Cl.NC1(C(F)F)CC1.[N-]=[N+]=NC1(C(F)F)CC1.[N-]=[N+]=NS(=O)(=O)n1ccnc1. The highest BCUT2D eigenvalue weighted by molar-refractivity contribution is 7.88. The van der Waals surface area contributed by atoms with Crippen LogP contribution in [0.5, 0.6) is 0 Å². The van der Waals surface area contributed by atoms with Crippen molar-refractivity contribution in [2.24, 2.45) is 15.4 Å². The normalized spacial score (nSPS) is 16.8. The molecule has 3 rings (SSSR count). The summed E-state index contributed by atoms with van der Waals surface area (Å²) in [5, 5.41) is 3.00. The summed E-state index contributed by atoms with van der Waals surface area (Å²) in [6.07, 6.45) is 0.304. The smallest absolute Gasteiger partial charge is 0.320 e. The Morgan fingerprint density at radius 3 is 1.83 bits per heavy atom. The first-order valence-electron chi connectivity index (χ1n) is 7.24. The van der Waals surface area contributed by atoms with Gasteiger partial charge in [0.2, 0.25) is 6.43 Å². The summed E-state index contributed by atoms with van der Waals surface area (Å²) in [7, 11) is -3.90. The van der Waals surface area contributed by atoms with E-state index in [4.69, 9.17) is 16.8 Å². The van der Waals surface area contributed by atoms with Crippen molar-refractivity contribution < 1.29 is 26.0 Å². The first kappa shape index (κ1) is 29.2. The molecule has 18 heteroatoms. The maximum absolute atomic E-state index is 11.8. The van der Waals surface area contributed by atoms with E-state index in [9.17, 15) is 26.0 Å². The number of rotatable bonds is 5. The topological polar surface area (TPSA) is 176 Å². The average molecular weight is 486 g/mol. The molecule has 0 spiro atoms. The molecule has 0 aromatic carbocycles. The predicted molar refractivity (Wildman–Crippen MR) is 99.5 cm³/mol. The number of azide groups is 2. The van der Waals surface area contributed by atoms with Crippen LogP contribution in [0.15, 0.2) is 28.4 Å². The van der Waals surface area contributed by atoms with Crippen LogP contribution in [0.3, 0.4) is 0 Å². The highest BCUT2D eigenvalue weighted by Gasteiger charge is 2.50. The minimum Gasteiger partial charge on any atom is -0.320 e. The Bertz CT molecular complexity index is 819. The first-order valence-corrected chi connectivity index (χ1v) is 8.64. The second-order valence-corrected chi connectivity index (χ2v) is 7.15. The number of hydrogen-bond acceptors (Lipinski definition) is 5. The van der Waals surface area contributed by atoms with Crippen molar-refractivity contribution in [1.29, 1.82) is 0 Å². The molecule has 0 bridgehead atoms. The van der Waals surface area contributed by atoms with E-state index in [1.165, 1.54) is 12.4 Å². The summed E-state index contributed by atoms with van der Waals surface area (Å²) in [6, 6.07) is 0. The van der Waals surface area contributed by atoms with Gasteiger partial charge in [-0.25, -0.2) is 26.5 Å². The van der Waals surface area contributed by atoms with Gasteiger partial charge in [-0.3, -0.25) is 0 Å². The third-order valence-electron chi connectivity index (χ3n) is 3.56. The Balaban J connectivity index is 0.